The number of hydrogen-bond donors (Lipinski definition) is 3. The summed E-state index contributed by atoms with van der Waals surface area (Å²) in [6, 6.07) is 3.39. The van der Waals surface area contributed by atoms with Gasteiger partial charge in [0.25, 0.3) is 11.8 Å². The van der Waals surface area contributed by atoms with Gasteiger partial charge in [-0.25, -0.2) is 0 Å². The van der Waals surface area contributed by atoms with E-state index in [-0.39, 0.29) is 18.3 Å². The van der Waals surface area contributed by atoms with Crippen molar-refractivity contribution in [3.8, 4) is 0 Å². The van der Waals surface area contributed by atoms with Crippen LogP contribution in [0.25, 0.3) is 0 Å². The van der Waals surface area contributed by atoms with Crippen molar-refractivity contribution in [3.05, 3.63) is 36.4 Å². The van der Waals surface area contributed by atoms with Crippen molar-refractivity contribution in [2.24, 2.45) is 12.8 Å². The number of halogens is 1. The molecule has 0 bridgehead atoms. The van der Waals surface area contributed by atoms with Crippen molar-refractivity contribution in [1.29, 1.82) is 0 Å². The number of piperidine rings is 1. The first-order valence-corrected chi connectivity index (χ1v) is 7.51. The third kappa shape index (κ3) is 3.15. The Bertz CT molecular complexity index is 718. The summed E-state index contributed by atoms with van der Waals surface area (Å²) < 4.78 is 3.32. The molecule has 0 unspecified atom stereocenters. The Morgan fingerprint density at radius 3 is 2.62 bits per heavy atom. The van der Waals surface area contributed by atoms with E-state index in [2.05, 4.69) is 15.7 Å². The number of aromatic nitrogens is 3. The van der Waals surface area contributed by atoms with Crippen LogP contribution in [0.15, 0.2) is 30.7 Å². The highest BCUT2D eigenvalue weighted by Gasteiger charge is 2.42. The molecular weight excluding hydrogens is 332 g/mol. The van der Waals surface area contributed by atoms with Gasteiger partial charge in [-0.1, -0.05) is 0 Å². The van der Waals surface area contributed by atoms with E-state index in [1.807, 2.05) is 12.3 Å². The largest absolute Gasteiger partial charge is 0.364 e. The monoisotopic (exact) mass is 352 g/mol. The number of carbonyl (C=O) groups excluding carboxylic acids is 2. The topological polar surface area (TPSA) is 107 Å². The molecule has 8 nitrogen and oxygen atoms in total. The molecule has 130 valence electrons. The van der Waals surface area contributed by atoms with E-state index in [4.69, 9.17) is 5.73 Å². The molecule has 2 amide bonds. The average molecular weight is 353 g/mol. The van der Waals surface area contributed by atoms with Crippen LogP contribution in [0.4, 0.5) is 5.69 Å². The number of nitrogens with one attached hydrogen (secondary N) is 2. The lowest BCUT2D eigenvalue weighted by Crippen LogP contribution is -2.52. The number of hydrogen-bond acceptors (Lipinski definition) is 4. The fourth-order valence-corrected chi connectivity index (χ4v) is 3.05. The van der Waals surface area contributed by atoms with E-state index in [9.17, 15) is 9.59 Å². The molecular formula is C15H21ClN6O2. The normalized spacial score (nSPS) is 16.2. The van der Waals surface area contributed by atoms with Crippen LogP contribution in [-0.4, -0.2) is 39.3 Å². The maximum Gasteiger partial charge on any atom is 0.265 e. The van der Waals surface area contributed by atoms with Crippen molar-refractivity contribution in [2.75, 3.05) is 18.4 Å². The first-order chi connectivity index (χ1) is 11.0. The SMILES string of the molecule is Cl.Cn1cc(NC(=O)C2(n3cccn3)CCNCC2)cc1C(N)=O. The van der Waals surface area contributed by atoms with Crippen LogP contribution in [-0.2, 0) is 17.4 Å². The number of nitrogens with zero attached hydrogens (tertiary/aromatic N) is 3. The molecule has 9 heteroatoms. The fraction of sp³-hybridized carbons (Fsp3) is 0.400. The molecule has 3 rings (SSSR count). The Morgan fingerprint density at radius 1 is 1.38 bits per heavy atom. The van der Waals surface area contributed by atoms with E-state index >= 15 is 0 Å². The molecule has 0 atom stereocenters. The first kappa shape index (κ1) is 18.0. The highest BCUT2D eigenvalue weighted by molar-refractivity contribution is 5.99. The van der Waals surface area contributed by atoms with Crippen LogP contribution in [0.1, 0.15) is 23.3 Å². The third-order valence-electron chi connectivity index (χ3n) is 4.31. The van der Waals surface area contributed by atoms with Gasteiger partial charge in [-0.2, -0.15) is 5.10 Å². The zero-order chi connectivity index (χ0) is 16.4. The van der Waals surface area contributed by atoms with Gasteiger partial charge in [-0.15, -0.1) is 12.4 Å². The van der Waals surface area contributed by atoms with Gasteiger partial charge < -0.3 is 20.9 Å². The van der Waals surface area contributed by atoms with E-state index in [1.165, 1.54) is 0 Å². The number of amides is 2. The summed E-state index contributed by atoms with van der Waals surface area (Å²) in [4.78, 5) is 24.3. The third-order valence-corrected chi connectivity index (χ3v) is 4.31. The number of anilines is 1. The van der Waals surface area contributed by atoms with E-state index in [1.54, 1.807) is 34.8 Å². The molecule has 1 aliphatic rings. The van der Waals surface area contributed by atoms with Gasteiger partial charge in [0.05, 0.1) is 5.69 Å². The van der Waals surface area contributed by atoms with Crippen molar-refractivity contribution in [1.82, 2.24) is 19.7 Å². The van der Waals surface area contributed by atoms with Gasteiger partial charge >= 0.3 is 0 Å². The highest BCUT2D eigenvalue weighted by atomic mass is 35.5. The Balaban J connectivity index is 0.00000208. The van der Waals surface area contributed by atoms with Crippen LogP contribution < -0.4 is 16.4 Å². The summed E-state index contributed by atoms with van der Waals surface area (Å²) in [5.74, 6) is -0.666. The van der Waals surface area contributed by atoms with Gasteiger partial charge in [0, 0.05) is 25.6 Å². The summed E-state index contributed by atoms with van der Waals surface area (Å²) in [6.45, 7) is 1.49. The number of rotatable bonds is 4. The second kappa shape index (κ2) is 7.06. The van der Waals surface area contributed by atoms with Crippen molar-refractivity contribution in [2.45, 2.75) is 18.4 Å². The molecule has 2 aromatic heterocycles. The molecule has 1 aliphatic heterocycles. The second-order valence-corrected chi connectivity index (χ2v) is 5.78. The summed E-state index contributed by atoms with van der Waals surface area (Å²) in [5.41, 5.74) is 5.48. The maximum atomic E-state index is 13.0. The summed E-state index contributed by atoms with van der Waals surface area (Å²) in [7, 11) is 1.71. The number of primary amides is 1. The number of nitrogens with two attached hydrogens (primary N) is 1. The van der Waals surface area contributed by atoms with Crippen LogP contribution >= 0.6 is 12.4 Å². The zero-order valence-corrected chi connectivity index (χ0v) is 14.2. The Morgan fingerprint density at radius 2 is 2.08 bits per heavy atom. The standard InChI is InChI=1S/C15H20N6O2.ClH/c1-20-10-11(9-12(20)13(16)22)19-14(23)15(3-6-17-7-4-15)21-8-2-5-18-21;/h2,5,8-10,17H,3-4,6-7H2,1H3,(H2,16,22)(H,19,23);1H. The Labute approximate surface area is 145 Å². The molecule has 0 aromatic carbocycles. The molecule has 4 N–H and O–H groups in total. The molecule has 0 saturated carbocycles. The number of aryl methyl sites for hydroxylation is 1. The molecule has 24 heavy (non-hydrogen) atoms. The molecule has 0 spiro atoms. The lowest BCUT2D eigenvalue weighted by Gasteiger charge is -2.36. The molecule has 3 heterocycles. The minimum absolute atomic E-state index is 0. The molecule has 0 radical (unpaired) electrons. The predicted molar refractivity (Wildman–Crippen MR) is 92.1 cm³/mol. The smallest absolute Gasteiger partial charge is 0.265 e. The minimum atomic E-state index is -0.725. The van der Waals surface area contributed by atoms with Crippen molar-refractivity contribution >= 4 is 29.9 Å². The minimum Gasteiger partial charge on any atom is -0.364 e. The second-order valence-electron chi connectivity index (χ2n) is 5.78. The molecule has 1 saturated heterocycles. The molecule has 2 aromatic rings. The Kier molecular flexibility index (Phi) is 5.30. The summed E-state index contributed by atoms with van der Waals surface area (Å²) in [5, 5.41) is 10.4. The van der Waals surface area contributed by atoms with E-state index in [0.29, 0.717) is 24.2 Å². The van der Waals surface area contributed by atoms with E-state index < -0.39 is 11.4 Å². The summed E-state index contributed by atoms with van der Waals surface area (Å²) >= 11 is 0. The fourth-order valence-electron chi connectivity index (χ4n) is 3.05. The van der Waals surface area contributed by atoms with Crippen LogP contribution in [0.2, 0.25) is 0 Å². The lowest BCUT2D eigenvalue weighted by molar-refractivity contribution is -0.126. The first-order valence-electron chi connectivity index (χ1n) is 7.51. The molecule has 1 fully saturated rings. The predicted octanol–water partition coefficient (Wildman–Crippen LogP) is 0.460. The van der Waals surface area contributed by atoms with Crippen LogP contribution in [0, 0.1) is 0 Å². The zero-order valence-electron chi connectivity index (χ0n) is 13.4. The average Bonchev–Trinajstić information content (AvgIpc) is 3.18. The van der Waals surface area contributed by atoms with Crippen LogP contribution in [0.3, 0.4) is 0 Å². The van der Waals surface area contributed by atoms with Gasteiger partial charge in [0.1, 0.15) is 11.2 Å². The van der Waals surface area contributed by atoms with Gasteiger partial charge in [0.15, 0.2) is 0 Å². The van der Waals surface area contributed by atoms with Crippen molar-refractivity contribution < 1.29 is 9.59 Å². The van der Waals surface area contributed by atoms with Gasteiger partial charge in [-0.3, -0.25) is 14.3 Å². The lowest BCUT2D eigenvalue weighted by atomic mass is 9.87. The maximum absolute atomic E-state index is 13.0. The van der Waals surface area contributed by atoms with Crippen LogP contribution in [0.5, 0.6) is 0 Å². The highest BCUT2D eigenvalue weighted by Crippen LogP contribution is 2.29. The van der Waals surface area contributed by atoms with E-state index in [0.717, 1.165) is 13.1 Å². The van der Waals surface area contributed by atoms with Gasteiger partial charge in [-0.05, 0) is 38.1 Å². The Hall–Kier alpha value is -2.32. The van der Waals surface area contributed by atoms with Crippen molar-refractivity contribution in [3.63, 3.8) is 0 Å². The summed E-state index contributed by atoms with van der Waals surface area (Å²) in [6.07, 6.45) is 6.46. The van der Waals surface area contributed by atoms with Gasteiger partial charge in [0.2, 0.25) is 0 Å². The quantitative estimate of drug-likeness (QED) is 0.743. The molecule has 0 aliphatic carbocycles. The number of carbonyl (C=O) groups is 2.